The number of hydrogen-bond acceptors (Lipinski definition) is 2. The Labute approximate surface area is 138 Å². The van der Waals surface area contributed by atoms with E-state index in [0.29, 0.717) is 17.1 Å². The number of aryl methyl sites for hydroxylation is 1. The summed E-state index contributed by atoms with van der Waals surface area (Å²) in [6, 6.07) is 11.0. The van der Waals surface area contributed by atoms with Crippen molar-refractivity contribution in [1.82, 2.24) is 5.32 Å². The SMILES string of the molecule is Cc1ccc(NC(=O)C(=O)NCCc2ccc(F)cc2)cc1Cl. The molecule has 0 heterocycles. The van der Waals surface area contributed by atoms with E-state index in [0.717, 1.165) is 11.1 Å². The Morgan fingerprint density at radius 3 is 2.43 bits per heavy atom. The lowest BCUT2D eigenvalue weighted by atomic mass is 10.1. The molecular weight excluding hydrogens is 319 g/mol. The van der Waals surface area contributed by atoms with E-state index in [1.807, 2.05) is 6.92 Å². The van der Waals surface area contributed by atoms with Crippen molar-refractivity contribution in [2.45, 2.75) is 13.3 Å². The van der Waals surface area contributed by atoms with E-state index >= 15 is 0 Å². The molecule has 0 fully saturated rings. The highest BCUT2D eigenvalue weighted by Crippen LogP contribution is 2.19. The summed E-state index contributed by atoms with van der Waals surface area (Å²) in [5.74, 6) is -1.80. The molecule has 2 aromatic rings. The molecule has 120 valence electrons. The maximum absolute atomic E-state index is 12.8. The third-order valence-electron chi connectivity index (χ3n) is 3.25. The normalized spacial score (nSPS) is 10.2. The third-order valence-corrected chi connectivity index (χ3v) is 3.66. The van der Waals surface area contributed by atoms with Crippen LogP contribution in [0.3, 0.4) is 0 Å². The first kappa shape index (κ1) is 17.0. The Kier molecular flexibility index (Phi) is 5.71. The van der Waals surface area contributed by atoms with Gasteiger partial charge in [0.2, 0.25) is 0 Å². The van der Waals surface area contributed by atoms with Gasteiger partial charge < -0.3 is 10.6 Å². The summed E-state index contributed by atoms with van der Waals surface area (Å²) in [5.41, 5.74) is 2.21. The van der Waals surface area contributed by atoms with Crippen molar-refractivity contribution < 1.29 is 14.0 Å². The lowest BCUT2D eigenvalue weighted by molar-refractivity contribution is -0.136. The van der Waals surface area contributed by atoms with Crippen molar-refractivity contribution in [2.75, 3.05) is 11.9 Å². The third kappa shape index (κ3) is 5.07. The summed E-state index contributed by atoms with van der Waals surface area (Å²) in [4.78, 5) is 23.5. The molecule has 0 aliphatic carbocycles. The fourth-order valence-electron chi connectivity index (χ4n) is 1.91. The van der Waals surface area contributed by atoms with E-state index in [-0.39, 0.29) is 12.4 Å². The zero-order valence-electron chi connectivity index (χ0n) is 12.5. The minimum absolute atomic E-state index is 0.284. The maximum Gasteiger partial charge on any atom is 0.313 e. The van der Waals surface area contributed by atoms with Gasteiger partial charge in [0.05, 0.1) is 0 Å². The van der Waals surface area contributed by atoms with E-state index in [1.165, 1.54) is 12.1 Å². The van der Waals surface area contributed by atoms with Gasteiger partial charge in [-0.15, -0.1) is 0 Å². The molecule has 6 heteroatoms. The van der Waals surface area contributed by atoms with E-state index in [4.69, 9.17) is 11.6 Å². The number of amides is 2. The second-order valence-electron chi connectivity index (χ2n) is 5.05. The fraction of sp³-hybridized carbons (Fsp3) is 0.176. The number of carbonyl (C=O) groups is 2. The molecular formula is C17H16ClFN2O2. The largest absolute Gasteiger partial charge is 0.347 e. The molecule has 0 bridgehead atoms. The van der Waals surface area contributed by atoms with Crippen molar-refractivity contribution >= 4 is 29.1 Å². The molecule has 0 unspecified atom stereocenters. The van der Waals surface area contributed by atoms with E-state index in [1.54, 1.807) is 30.3 Å². The summed E-state index contributed by atoms with van der Waals surface area (Å²) < 4.78 is 12.8. The van der Waals surface area contributed by atoms with Crippen LogP contribution < -0.4 is 10.6 Å². The number of rotatable bonds is 4. The van der Waals surface area contributed by atoms with Crippen LogP contribution in [0.4, 0.5) is 10.1 Å². The highest BCUT2D eigenvalue weighted by atomic mass is 35.5. The first-order chi connectivity index (χ1) is 11.0. The average Bonchev–Trinajstić information content (AvgIpc) is 2.52. The maximum atomic E-state index is 12.8. The molecule has 2 N–H and O–H groups in total. The minimum Gasteiger partial charge on any atom is -0.347 e. The van der Waals surface area contributed by atoms with Gasteiger partial charge in [0.1, 0.15) is 5.82 Å². The van der Waals surface area contributed by atoms with Gasteiger partial charge in [0.25, 0.3) is 0 Å². The molecule has 0 radical (unpaired) electrons. The number of nitrogens with one attached hydrogen (secondary N) is 2. The van der Waals surface area contributed by atoms with Gasteiger partial charge in [-0.05, 0) is 48.7 Å². The van der Waals surface area contributed by atoms with Gasteiger partial charge in [-0.2, -0.15) is 0 Å². The number of carbonyl (C=O) groups excluding carboxylic acids is 2. The fourth-order valence-corrected chi connectivity index (χ4v) is 2.09. The predicted molar refractivity (Wildman–Crippen MR) is 87.9 cm³/mol. The van der Waals surface area contributed by atoms with Gasteiger partial charge in [-0.3, -0.25) is 9.59 Å². The predicted octanol–water partition coefficient (Wildman–Crippen LogP) is 3.08. The Hall–Kier alpha value is -2.40. The molecule has 4 nitrogen and oxygen atoms in total. The Balaban J connectivity index is 1.81. The van der Waals surface area contributed by atoms with Crippen LogP contribution in [-0.4, -0.2) is 18.4 Å². The van der Waals surface area contributed by atoms with Crippen molar-refractivity contribution in [2.24, 2.45) is 0 Å². The van der Waals surface area contributed by atoms with Gasteiger partial charge in [-0.1, -0.05) is 29.8 Å². The molecule has 2 rings (SSSR count). The molecule has 0 saturated heterocycles. The standard InChI is InChI=1S/C17H16ClFN2O2/c1-11-2-7-14(10-15(11)18)21-17(23)16(22)20-9-8-12-3-5-13(19)6-4-12/h2-7,10H,8-9H2,1H3,(H,20,22)(H,21,23). The van der Waals surface area contributed by atoms with Crippen LogP contribution in [0.5, 0.6) is 0 Å². The summed E-state index contributed by atoms with van der Waals surface area (Å²) in [5, 5.41) is 5.51. The first-order valence-electron chi connectivity index (χ1n) is 7.05. The minimum atomic E-state index is -0.760. The highest BCUT2D eigenvalue weighted by Gasteiger charge is 2.13. The van der Waals surface area contributed by atoms with Crippen LogP contribution in [0.1, 0.15) is 11.1 Å². The molecule has 0 atom stereocenters. The monoisotopic (exact) mass is 334 g/mol. The van der Waals surface area contributed by atoms with Crippen LogP contribution in [-0.2, 0) is 16.0 Å². The van der Waals surface area contributed by atoms with Crippen LogP contribution >= 0.6 is 11.6 Å². The molecule has 0 spiro atoms. The van der Waals surface area contributed by atoms with Crippen LogP contribution in [0.2, 0.25) is 5.02 Å². The van der Waals surface area contributed by atoms with Gasteiger partial charge in [0, 0.05) is 17.3 Å². The van der Waals surface area contributed by atoms with Gasteiger partial charge in [-0.25, -0.2) is 4.39 Å². The summed E-state index contributed by atoms with van der Waals surface area (Å²) in [7, 11) is 0. The van der Waals surface area contributed by atoms with Crippen molar-refractivity contribution in [1.29, 1.82) is 0 Å². The zero-order valence-corrected chi connectivity index (χ0v) is 13.3. The molecule has 0 aromatic heterocycles. The van der Waals surface area contributed by atoms with E-state index in [2.05, 4.69) is 10.6 Å². The lowest BCUT2D eigenvalue weighted by Crippen LogP contribution is -2.36. The van der Waals surface area contributed by atoms with E-state index < -0.39 is 11.8 Å². The van der Waals surface area contributed by atoms with E-state index in [9.17, 15) is 14.0 Å². The van der Waals surface area contributed by atoms with Crippen molar-refractivity contribution in [3.8, 4) is 0 Å². The van der Waals surface area contributed by atoms with Gasteiger partial charge in [0.15, 0.2) is 0 Å². The smallest absolute Gasteiger partial charge is 0.313 e. The van der Waals surface area contributed by atoms with Crippen LogP contribution in [0.15, 0.2) is 42.5 Å². The Morgan fingerprint density at radius 1 is 1.09 bits per heavy atom. The summed E-state index contributed by atoms with van der Waals surface area (Å²) in [6.45, 7) is 2.13. The number of anilines is 1. The molecule has 0 aliphatic heterocycles. The lowest BCUT2D eigenvalue weighted by Gasteiger charge is -2.08. The molecule has 0 aliphatic rings. The number of halogens is 2. The first-order valence-corrected chi connectivity index (χ1v) is 7.43. The van der Waals surface area contributed by atoms with Gasteiger partial charge >= 0.3 is 11.8 Å². The number of benzene rings is 2. The van der Waals surface area contributed by atoms with Crippen molar-refractivity contribution in [3.63, 3.8) is 0 Å². The zero-order chi connectivity index (χ0) is 16.8. The summed E-state index contributed by atoms with van der Waals surface area (Å²) in [6.07, 6.45) is 0.510. The highest BCUT2D eigenvalue weighted by molar-refractivity contribution is 6.39. The average molecular weight is 335 g/mol. The Bertz CT molecular complexity index is 717. The number of hydrogen-bond donors (Lipinski definition) is 2. The second-order valence-corrected chi connectivity index (χ2v) is 5.46. The molecule has 2 amide bonds. The van der Waals surface area contributed by atoms with Crippen LogP contribution in [0, 0.1) is 12.7 Å². The summed E-state index contributed by atoms with van der Waals surface area (Å²) >= 11 is 5.96. The van der Waals surface area contributed by atoms with Crippen LogP contribution in [0.25, 0.3) is 0 Å². The molecule has 23 heavy (non-hydrogen) atoms. The van der Waals surface area contributed by atoms with Crippen molar-refractivity contribution in [3.05, 3.63) is 64.4 Å². The second kappa shape index (κ2) is 7.74. The topological polar surface area (TPSA) is 58.2 Å². The molecule has 2 aromatic carbocycles. The molecule has 0 saturated carbocycles. The Morgan fingerprint density at radius 2 is 1.78 bits per heavy atom. The quantitative estimate of drug-likeness (QED) is 0.844.